The Morgan fingerprint density at radius 2 is 2.00 bits per heavy atom. The van der Waals surface area contributed by atoms with Gasteiger partial charge in [-0.15, -0.1) is 0 Å². The monoisotopic (exact) mass is 402 g/mol. The number of hydrogen-bond donors (Lipinski definition) is 3. The SMILES string of the molecule is COc1ccc(Br)c2[nH]c(C(=O)Nc3ccc(NC(C)=O)cn3)cc12. The lowest BCUT2D eigenvalue weighted by atomic mass is 10.2. The van der Waals surface area contributed by atoms with Crippen LogP contribution in [0.25, 0.3) is 10.9 Å². The molecule has 2 aromatic heterocycles. The molecule has 0 spiro atoms. The van der Waals surface area contributed by atoms with Crippen LogP contribution in [0, 0.1) is 0 Å². The van der Waals surface area contributed by atoms with Gasteiger partial charge in [-0.05, 0) is 46.3 Å². The van der Waals surface area contributed by atoms with Crippen LogP contribution in [0.2, 0.25) is 0 Å². The molecule has 0 unspecified atom stereocenters. The number of hydrogen-bond acceptors (Lipinski definition) is 4. The second-order valence-electron chi connectivity index (χ2n) is 5.29. The summed E-state index contributed by atoms with van der Waals surface area (Å²) >= 11 is 3.45. The van der Waals surface area contributed by atoms with Crippen LogP contribution in [0.15, 0.2) is 41.0 Å². The van der Waals surface area contributed by atoms with Gasteiger partial charge in [0.2, 0.25) is 5.91 Å². The summed E-state index contributed by atoms with van der Waals surface area (Å²) in [4.78, 5) is 30.6. The molecule has 0 aliphatic rings. The first-order valence-corrected chi connectivity index (χ1v) is 8.17. The zero-order valence-corrected chi connectivity index (χ0v) is 15.1. The minimum Gasteiger partial charge on any atom is -0.496 e. The molecule has 2 heterocycles. The second-order valence-corrected chi connectivity index (χ2v) is 6.14. The van der Waals surface area contributed by atoms with Crippen molar-refractivity contribution in [1.82, 2.24) is 9.97 Å². The summed E-state index contributed by atoms with van der Waals surface area (Å²) in [6, 6.07) is 8.67. The minimum atomic E-state index is -0.329. The van der Waals surface area contributed by atoms with Crippen molar-refractivity contribution in [1.29, 1.82) is 0 Å². The molecule has 2 amide bonds. The number of nitrogens with one attached hydrogen (secondary N) is 3. The van der Waals surface area contributed by atoms with Crippen molar-refractivity contribution in [3.63, 3.8) is 0 Å². The molecule has 0 aliphatic carbocycles. The summed E-state index contributed by atoms with van der Waals surface area (Å²) in [5.74, 6) is 0.538. The maximum Gasteiger partial charge on any atom is 0.273 e. The predicted molar refractivity (Wildman–Crippen MR) is 99.0 cm³/mol. The number of pyridine rings is 1. The van der Waals surface area contributed by atoms with Gasteiger partial charge in [-0.2, -0.15) is 0 Å². The molecule has 1 aromatic carbocycles. The normalized spacial score (nSPS) is 10.5. The average Bonchev–Trinajstić information content (AvgIpc) is 3.03. The molecular formula is C17H15BrN4O3. The maximum atomic E-state index is 12.4. The van der Waals surface area contributed by atoms with Crippen LogP contribution in [0.5, 0.6) is 5.75 Å². The van der Waals surface area contributed by atoms with Gasteiger partial charge in [0.05, 0.1) is 24.5 Å². The number of anilines is 2. The molecule has 0 aliphatic heterocycles. The van der Waals surface area contributed by atoms with Crippen molar-refractivity contribution in [3.05, 3.63) is 46.7 Å². The van der Waals surface area contributed by atoms with E-state index in [-0.39, 0.29) is 11.8 Å². The first-order chi connectivity index (χ1) is 12.0. The fourth-order valence-electron chi connectivity index (χ4n) is 2.39. The number of H-pyrrole nitrogens is 1. The molecule has 0 fully saturated rings. The third-order valence-electron chi connectivity index (χ3n) is 3.49. The van der Waals surface area contributed by atoms with E-state index in [1.807, 2.05) is 12.1 Å². The third-order valence-corrected chi connectivity index (χ3v) is 4.15. The van der Waals surface area contributed by atoms with Crippen molar-refractivity contribution in [2.45, 2.75) is 6.92 Å². The summed E-state index contributed by atoms with van der Waals surface area (Å²) in [5.41, 5.74) is 1.72. The molecule has 8 heteroatoms. The number of fused-ring (bicyclic) bond motifs is 1. The van der Waals surface area contributed by atoms with Crippen molar-refractivity contribution >= 4 is 50.2 Å². The van der Waals surface area contributed by atoms with Gasteiger partial charge >= 0.3 is 0 Å². The Kier molecular flexibility index (Phi) is 4.71. The summed E-state index contributed by atoms with van der Waals surface area (Å²) in [6.07, 6.45) is 1.47. The number of rotatable bonds is 4. The van der Waals surface area contributed by atoms with Gasteiger partial charge in [-0.1, -0.05) is 0 Å². The summed E-state index contributed by atoms with van der Waals surface area (Å²) < 4.78 is 6.15. The lowest BCUT2D eigenvalue weighted by Crippen LogP contribution is -2.13. The molecule has 128 valence electrons. The van der Waals surface area contributed by atoms with Crippen LogP contribution in [0.4, 0.5) is 11.5 Å². The van der Waals surface area contributed by atoms with Crippen LogP contribution in [-0.2, 0) is 4.79 Å². The Labute approximate surface area is 151 Å². The second kappa shape index (κ2) is 6.94. The van der Waals surface area contributed by atoms with E-state index in [0.29, 0.717) is 22.9 Å². The zero-order chi connectivity index (χ0) is 18.0. The number of aromatic nitrogens is 2. The molecule has 7 nitrogen and oxygen atoms in total. The van der Waals surface area contributed by atoms with E-state index < -0.39 is 0 Å². The molecular weight excluding hydrogens is 388 g/mol. The first kappa shape index (κ1) is 17.0. The highest BCUT2D eigenvalue weighted by Crippen LogP contribution is 2.32. The van der Waals surface area contributed by atoms with Gasteiger partial charge in [0.15, 0.2) is 0 Å². The topological polar surface area (TPSA) is 96.1 Å². The molecule has 0 atom stereocenters. The van der Waals surface area contributed by atoms with E-state index in [9.17, 15) is 9.59 Å². The van der Waals surface area contributed by atoms with E-state index in [1.54, 1.807) is 25.3 Å². The Balaban J connectivity index is 1.82. The molecule has 3 rings (SSSR count). The Morgan fingerprint density at radius 3 is 2.64 bits per heavy atom. The zero-order valence-electron chi connectivity index (χ0n) is 13.5. The highest BCUT2D eigenvalue weighted by Gasteiger charge is 2.14. The maximum absolute atomic E-state index is 12.4. The minimum absolute atomic E-state index is 0.184. The van der Waals surface area contributed by atoms with Crippen LogP contribution in [-0.4, -0.2) is 28.9 Å². The smallest absolute Gasteiger partial charge is 0.273 e. The first-order valence-electron chi connectivity index (χ1n) is 7.38. The van der Waals surface area contributed by atoms with Gasteiger partial charge in [0.25, 0.3) is 5.91 Å². The largest absolute Gasteiger partial charge is 0.496 e. The number of carbonyl (C=O) groups is 2. The van der Waals surface area contributed by atoms with Crippen LogP contribution in [0.1, 0.15) is 17.4 Å². The van der Waals surface area contributed by atoms with E-state index in [1.165, 1.54) is 13.1 Å². The highest BCUT2D eigenvalue weighted by molar-refractivity contribution is 9.10. The average molecular weight is 403 g/mol. The number of amides is 2. The van der Waals surface area contributed by atoms with Gasteiger partial charge in [-0.25, -0.2) is 4.98 Å². The number of aromatic amines is 1. The number of ether oxygens (including phenoxy) is 1. The number of nitrogens with zero attached hydrogens (tertiary/aromatic N) is 1. The molecule has 0 radical (unpaired) electrons. The van der Waals surface area contributed by atoms with Crippen LogP contribution < -0.4 is 15.4 Å². The Morgan fingerprint density at radius 1 is 1.20 bits per heavy atom. The number of carbonyl (C=O) groups excluding carboxylic acids is 2. The van der Waals surface area contributed by atoms with Crippen LogP contribution in [0.3, 0.4) is 0 Å². The van der Waals surface area contributed by atoms with E-state index in [2.05, 4.69) is 36.5 Å². The van der Waals surface area contributed by atoms with Crippen molar-refractivity contribution < 1.29 is 14.3 Å². The van der Waals surface area contributed by atoms with Crippen molar-refractivity contribution in [2.75, 3.05) is 17.7 Å². The molecule has 0 saturated heterocycles. The van der Waals surface area contributed by atoms with Gasteiger partial charge in [0, 0.05) is 16.8 Å². The number of halogens is 1. The quantitative estimate of drug-likeness (QED) is 0.621. The van der Waals surface area contributed by atoms with E-state index in [0.717, 1.165) is 15.4 Å². The van der Waals surface area contributed by atoms with Crippen molar-refractivity contribution in [3.8, 4) is 5.75 Å². The van der Waals surface area contributed by atoms with Crippen molar-refractivity contribution in [2.24, 2.45) is 0 Å². The molecule has 0 saturated carbocycles. The van der Waals surface area contributed by atoms with E-state index in [4.69, 9.17) is 4.74 Å². The standard InChI is InChI=1S/C17H15BrN4O3/c1-9(23)20-10-3-6-15(19-8-10)22-17(24)13-7-11-14(25-2)5-4-12(18)16(11)21-13/h3-8,21H,1-2H3,(H,20,23)(H,19,22,24). The lowest BCUT2D eigenvalue weighted by molar-refractivity contribution is -0.114. The summed E-state index contributed by atoms with van der Waals surface area (Å²) in [5, 5.41) is 6.12. The highest BCUT2D eigenvalue weighted by atomic mass is 79.9. The fourth-order valence-corrected chi connectivity index (χ4v) is 2.83. The fraction of sp³-hybridized carbons (Fsp3) is 0.118. The van der Waals surface area contributed by atoms with E-state index >= 15 is 0 Å². The Hall–Kier alpha value is -2.87. The molecule has 3 aromatic rings. The predicted octanol–water partition coefficient (Wildman–Crippen LogP) is 3.54. The van der Waals surface area contributed by atoms with Crippen LogP contribution >= 0.6 is 15.9 Å². The van der Waals surface area contributed by atoms with Gasteiger partial charge in [0.1, 0.15) is 17.3 Å². The van der Waals surface area contributed by atoms with Gasteiger partial charge < -0.3 is 20.4 Å². The molecule has 3 N–H and O–H groups in total. The van der Waals surface area contributed by atoms with Gasteiger partial charge in [-0.3, -0.25) is 9.59 Å². The summed E-state index contributed by atoms with van der Waals surface area (Å²) in [7, 11) is 1.58. The number of methoxy groups -OCH3 is 1. The lowest BCUT2D eigenvalue weighted by Gasteiger charge is -2.05. The third kappa shape index (κ3) is 3.63. The molecule has 25 heavy (non-hydrogen) atoms. The number of benzene rings is 1. The molecule has 0 bridgehead atoms. The Bertz CT molecular complexity index is 950. The summed E-state index contributed by atoms with van der Waals surface area (Å²) in [6.45, 7) is 1.41.